The van der Waals surface area contributed by atoms with E-state index < -0.39 is 16.1 Å². The van der Waals surface area contributed by atoms with Gasteiger partial charge in [0.15, 0.2) is 0 Å². The van der Waals surface area contributed by atoms with Gasteiger partial charge in [-0.15, -0.1) is 11.3 Å². The van der Waals surface area contributed by atoms with Crippen LogP contribution in [0.3, 0.4) is 0 Å². The average Bonchev–Trinajstić information content (AvgIpc) is 3.64. The van der Waals surface area contributed by atoms with Crippen LogP contribution in [0.15, 0.2) is 32.9 Å². The summed E-state index contributed by atoms with van der Waals surface area (Å²) < 4.78 is 35.8. The maximum Gasteiger partial charge on any atom is 0.310 e. The molecule has 2 fully saturated rings. The fraction of sp³-hybridized carbons (Fsp3) is 0.500. The maximum absolute atomic E-state index is 13.7. The number of hydrogen-bond acceptors (Lipinski definition) is 8. The van der Waals surface area contributed by atoms with Gasteiger partial charge in [-0.05, 0) is 43.4 Å². The summed E-state index contributed by atoms with van der Waals surface area (Å²) in [6.07, 6.45) is 2.48. The molecule has 208 valence electrons. The number of hydrogen-bond donors (Lipinski definition) is 1. The average molecular weight is 592 g/mol. The molecule has 3 aliphatic rings. The van der Waals surface area contributed by atoms with Gasteiger partial charge in [0.25, 0.3) is 15.9 Å². The van der Waals surface area contributed by atoms with Gasteiger partial charge in [0.05, 0.1) is 12.2 Å². The Bertz CT molecular complexity index is 1540. The third-order valence-corrected chi connectivity index (χ3v) is 11.4. The Morgan fingerprint density at radius 3 is 2.90 bits per heavy atom. The van der Waals surface area contributed by atoms with E-state index in [2.05, 4.69) is 17.2 Å². The largest absolute Gasteiger partial charge is 0.436 e. The van der Waals surface area contributed by atoms with Gasteiger partial charge in [-0.2, -0.15) is 4.31 Å². The second kappa shape index (κ2) is 10.5. The molecule has 0 aliphatic carbocycles. The molecule has 1 aromatic carbocycles. The number of nitrogens with one attached hydrogen (secondary N) is 1. The lowest BCUT2D eigenvalue weighted by molar-refractivity contribution is -0.127. The summed E-state index contributed by atoms with van der Waals surface area (Å²) >= 11 is 7.30. The summed E-state index contributed by atoms with van der Waals surface area (Å²) in [5, 5.41) is 4.68. The van der Waals surface area contributed by atoms with Gasteiger partial charge in [-0.3, -0.25) is 9.59 Å². The van der Waals surface area contributed by atoms with Crippen LogP contribution in [0.1, 0.15) is 48.3 Å². The zero-order chi connectivity index (χ0) is 27.3. The molecule has 0 saturated carbocycles. The number of halogens is 1. The number of thiophene rings is 1. The Morgan fingerprint density at radius 1 is 1.26 bits per heavy atom. The van der Waals surface area contributed by atoms with Gasteiger partial charge >= 0.3 is 5.91 Å². The molecular formula is C26H30ClN5O5S2. The van der Waals surface area contributed by atoms with Crippen LogP contribution in [-0.2, 0) is 27.8 Å². The molecule has 2 atom stereocenters. The molecule has 10 nitrogen and oxygen atoms in total. The number of piperazine rings is 1. The fourth-order valence-corrected chi connectivity index (χ4v) is 8.86. The van der Waals surface area contributed by atoms with Crippen molar-refractivity contribution in [3.05, 3.63) is 46.6 Å². The summed E-state index contributed by atoms with van der Waals surface area (Å²) in [4.78, 5) is 33.8. The maximum atomic E-state index is 13.7. The molecule has 2 unspecified atom stereocenters. The van der Waals surface area contributed by atoms with Gasteiger partial charge < -0.3 is 19.5 Å². The molecule has 2 amide bonds. The van der Waals surface area contributed by atoms with Crippen molar-refractivity contribution >= 4 is 54.9 Å². The van der Waals surface area contributed by atoms with Crippen molar-refractivity contribution in [2.24, 2.45) is 0 Å². The first-order valence-corrected chi connectivity index (χ1v) is 15.8. The zero-order valence-electron chi connectivity index (χ0n) is 21.6. The minimum atomic E-state index is -3.80. The molecular weight excluding hydrogens is 562 g/mol. The Kier molecular flexibility index (Phi) is 7.17. The van der Waals surface area contributed by atoms with Crippen molar-refractivity contribution in [1.29, 1.82) is 0 Å². The van der Waals surface area contributed by atoms with Crippen molar-refractivity contribution in [2.75, 3.05) is 32.7 Å². The van der Waals surface area contributed by atoms with Crippen LogP contribution in [0.5, 0.6) is 0 Å². The van der Waals surface area contributed by atoms with Crippen LogP contribution in [0.2, 0.25) is 5.02 Å². The molecule has 6 rings (SSSR count). The first-order valence-electron chi connectivity index (χ1n) is 13.2. The zero-order valence-corrected chi connectivity index (χ0v) is 23.9. The highest BCUT2D eigenvalue weighted by Crippen LogP contribution is 2.34. The number of sulfonamides is 1. The summed E-state index contributed by atoms with van der Waals surface area (Å²) in [5.41, 5.74) is 0.787. The highest BCUT2D eigenvalue weighted by Gasteiger charge is 2.39. The third kappa shape index (κ3) is 5.20. The third-order valence-electron chi connectivity index (χ3n) is 7.74. The van der Waals surface area contributed by atoms with Gasteiger partial charge in [0, 0.05) is 67.4 Å². The highest BCUT2D eigenvalue weighted by atomic mass is 35.5. The summed E-state index contributed by atoms with van der Waals surface area (Å²) in [6, 6.07) is 6.80. The van der Waals surface area contributed by atoms with E-state index in [-0.39, 0.29) is 47.6 Å². The SMILES string of the molecule is CC1Cc2nc(C(=O)N3CCN(S(=O)(=O)c4cc5ccc(Cl)cc5s4)CC3CCN3CCCC3=O)oc2CN1. The van der Waals surface area contributed by atoms with E-state index in [0.717, 1.165) is 22.2 Å². The topological polar surface area (TPSA) is 116 Å². The number of oxazole rings is 1. The minimum absolute atomic E-state index is 0.0378. The Labute approximate surface area is 235 Å². The number of fused-ring (bicyclic) bond motifs is 2. The Morgan fingerprint density at radius 2 is 2.10 bits per heavy atom. The summed E-state index contributed by atoms with van der Waals surface area (Å²) in [6.45, 7) is 4.21. The van der Waals surface area contributed by atoms with Gasteiger partial charge in [0.2, 0.25) is 5.91 Å². The first kappa shape index (κ1) is 26.7. The van der Waals surface area contributed by atoms with Crippen LogP contribution >= 0.6 is 22.9 Å². The molecule has 13 heteroatoms. The van der Waals surface area contributed by atoms with Crippen LogP contribution < -0.4 is 5.32 Å². The Balaban J connectivity index is 1.25. The Hall–Kier alpha value is -2.51. The smallest absolute Gasteiger partial charge is 0.310 e. The molecule has 0 spiro atoms. The number of rotatable bonds is 6. The van der Waals surface area contributed by atoms with Crippen LogP contribution in [-0.4, -0.2) is 84.1 Å². The number of carbonyl (C=O) groups excluding carboxylic acids is 2. The molecule has 39 heavy (non-hydrogen) atoms. The molecule has 3 aliphatic heterocycles. The highest BCUT2D eigenvalue weighted by molar-refractivity contribution is 7.91. The van der Waals surface area contributed by atoms with Gasteiger partial charge in [-0.25, -0.2) is 13.4 Å². The monoisotopic (exact) mass is 591 g/mol. The second-order valence-corrected chi connectivity index (χ2v) is 14.1. The molecule has 2 saturated heterocycles. The van der Waals surface area contributed by atoms with E-state index in [1.807, 2.05) is 6.07 Å². The molecule has 1 N–H and O–H groups in total. The molecule has 3 aromatic rings. The summed E-state index contributed by atoms with van der Waals surface area (Å²) in [7, 11) is -3.80. The second-order valence-electron chi connectivity index (χ2n) is 10.4. The van der Waals surface area contributed by atoms with Crippen molar-refractivity contribution in [3.8, 4) is 0 Å². The van der Waals surface area contributed by atoms with Crippen LogP contribution in [0, 0.1) is 0 Å². The molecule has 2 aromatic heterocycles. The number of aromatic nitrogens is 1. The van der Waals surface area contributed by atoms with Crippen molar-refractivity contribution in [1.82, 2.24) is 24.4 Å². The lowest BCUT2D eigenvalue weighted by Gasteiger charge is -2.40. The molecule has 0 radical (unpaired) electrons. The number of carbonyl (C=O) groups is 2. The normalized spacial score (nSPS) is 22.6. The predicted octanol–water partition coefficient (Wildman–Crippen LogP) is 3.10. The molecule has 5 heterocycles. The van der Waals surface area contributed by atoms with Crippen molar-refractivity contribution in [3.63, 3.8) is 0 Å². The van der Waals surface area contributed by atoms with Gasteiger partial charge in [-0.1, -0.05) is 17.7 Å². The van der Waals surface area contributed by atoms with Gasteiger partial charge in [0.1, 0.15) is 9.97 Å². The number of amides is 2. The predicted molar refractivity (Wildman–Crippen MR) is 147 cm³/mol. The van der Waals surface area contributed by atoms with Crippen LogP contribution in [0.25, 0.3) is 10.1 Å². The summed E-state index contributed by atoms with van der Waals surface area (Å²) in [5.74, 6) is 0.458. The van der Waals surface area contributed by atoms with Crippen LogP contribution in [0.4, 0.5) is 0 Å². The molecule has 0 bridgehead atoms. The minimum Gasteiger partial charge on any atom is -0.436 e. The standard InChI is InChI=1S/C26H30ClN5O5S2/c1-16-11-20-21(14-28-16)37-25(29-20)26(34)32-10-9-31(15-19(32)6-8-30-7-2-3-23(30)33)39(35,36)24-12-17-4-5-18(27)13-22(17)38-24/h4-5,12-13,16,19,28H,2-3,6-11,14-15H2,1H3. The number of likely N-dealkylation sites (tertiary alicyclic amines) is 1. The van der Waals surface area contributed by atoms with E-state index >= 15 is 0 Å². The quantitative estimate of drug-likeness (QED) is 0.468. The number of nitrogens with zero attached hydrogens (tertiary/aromatic N) is 4. The van der Waals surface area contributed by atoms with E-state index in [1.165, 1.54) is 15.6 Å². The first-order chi connectivity index (χ1) is 18.7. The van der Waals surface area contributed by atoms with Crippen molar-refractivity contribution in [2.45, 2.75) is 55.4 Å². The van der Waals surface area contributed by atoms with E-state index in [0.29, 0.717) is 49.7 Å². The number of benzene rings is 1. The lowest BCUT2D eigenvalue weighted by Crippen LogP contribution is -2.57. The van der Waals surface area contributed by atoms with Crippen molar-refractivity contribution < 1.29 is 22.4 Å². The van der Waals surface area contributed by atoms with E-state index in [1.54, 1.807) is 28.0 Å². The fourth-order valence-electron chi connectivity index (χ4n) is 5.56. The van der Waals surface area contributed by atoms with E-state index in [4.69, 9.17) is 16.0 Å². The van der Waals surface area contributed by atoms with E-state index in [9.17, 15) is 18.0 Å². The lowest BCUT2D eigenvalue weighted by atomic mass is 10.1.